The number of carboxylic acids is 1. The first-order chi connectivity index (χ1) is 8.22. The molecular weight excluding hydrogens is 382 g/mol. The Labute approximate surface area is 117 Å². The van der Waals surface area contributed by atoms with E-state index in [1.165, 1.54) is 12.1 Å². The van der Waals surface area contributed by atoms with E-state index in [1.54, 1.807) is 6.07 Å². The standard InChI is InChI=1S/C10H6Br2F2O4/c11-6-1-5(2-7(12)3-6)8(15)18-4-10(13,14)9(16)17/h1-3H,4H2,(H,16,17). The van der Waals surface area contributed by atoms with Gasteiger partial charge in [-0.1, -0.05) is 31.9 Å². The smallest absolute Gasteiger partial charge is 0.378 e. The Morgan fingerprint density at radius 1 is 1.22 bits per heavy atom. The lowest BCUT2D eigenvalue weighted by Crippen LogP contribution is -2.34. The van der Waals surface area contributed by atoms with Crippen LogP contribution in [-0.4, -0.2) is 29.6 Å². The second-order valence-electron chi connectivity index (χ2n) is 3.24. The van der Waals surface area contributed by atoms with Gasteiger partial charge in [0.2, 0.25) is 0 Å². The molecule has 98 valence electrons. The first-order valence-corrected chi connectivity index (χ1v) is 6.05. The topological polar surface area (TPSA) is 63.6 Å². The first-order valence-electron chi connectivity index (χ1n) is 4.47. The van der Waals surface area contributed by atoms with Gasteiger partial charge in [0.25, 0.3) is 0 Å². The number of alkyl halides is 2. The van der Waals surface area contributed by atoms with E-state index in [9.17, 15) is 18.4 Å². The highest BCUT2D eigenvalue weighted by atomic mass is 79.9. The third-order valence-corrected chi connectivity index (χ3v) is 2.71. The van der Waals surface area contributed by atoms with Crippen LogP contribution in [0.25, 0.3) is 0 Å². The zero-order valence-corrected chi connectivity index (χ0v) is 11.8. The maximum absolute atomic E-state index is 12.7. The molecule has 0 saturated carbocycles. The van der Waals surface area contributed by atoms with E-state index in [-0.39, 0.29) is 5.56 Å². The number of halogens is 4. The average Bonchev–Trinajstić information content (AvgIpc) is 2.24. The van der Waals surface area contributed by atoms with Crippen LogP contribution in [0.1, 0.15) is 10.4 Å². The summed E-state index contributed by atoms with van der Waals surface area (Å²) in [5.74, 6) is -7.47. The van der Waals surface area contributed by atoms with Gasteiger partial charge in [-0.15, -0.1) is 0 Å². The van der Waals surface area contributed by atoms with Crippen molar-refractivity contribution in [3.05, 3.63) is 32.7 Å². The summed E-state index contributed by atoms with van der Waals surface area (Å²) in [5, 5.41) is 8.16. The van der Waals surface area contributed by atoms with Crippen LogP contribution in [0.3, 0.4) is 0 Å². The molecule has 0 bridgehead atoms. The van der Waals surface area contributed by atoms with Crippen LogP contribution in [0.15, 0.2) is 27.1 Å². The van der Waals surface area contributed by atoms with E-state index in [2.05, 4.69) is 36.6 Å². The minimum atomic E-state index is -4.10. The highest BCUT2D eigenvalue weighted by molar-refractivity contribution is 9.11. The molecule has 0 spiro atoms. The Bertz CT molecular complexity index is 471. The van der Waals surface area contributed by atoms with Gasteiger partial charge in [-0.25, -0.2) is 9.59 Å². The molecule has 18 heavy (non-hydrogen) atoms. The quantitative estimate of drug-likeness (QED) is 0.806. The van der Waals surface area contributed by atoms with Crippen LogP contribution in [0.4, 0.5) is 8.78 Å². The van der Waals surface area contributed by atoms with Crippen LogP contribution in [-0.2, 0) is 9.53 Å². The van der Waals surface area contributed by atoms with Gasteiger partial charge >= 0.3 is 17.9 Å². The number of hydrogen-bond acceptors (Lipinski definition) is 3. The summed E-state index contributed by atoms with van der Waals surface area (Å²) in [7, 11) is 0. The second kappa shape index (κ2) is 5.75. The fourth-order valence-corrected chi connectivity index (χ4v) is 2.27. The molecule has 0 amide bonds. The average molecular weight is 388 g/mol. The SMILES string of the molecule is O=C(OCC(F)(F)C(=O)O)c1cc(Br)cc(Br)c1. The molecule has 0 unspecified atom stereocenters. The number of rotatable bonds is 4. The molecule has 0 atom stereocenters. The van der Waals surface area contributed by atoms with E-state index in [0.717, 1.165) is 0 Å². The number of carboxylic acid groups (broad SMARTS) is 1. The van der Waals surface area contributed by atoms with Crippen molar-refractivity contribution in [1.29, 1.82) is 0 Å². The van der Waals surface area contributed by atoms with Gasteiger partial charge in [-0.05, 0) is 18.2 Å². The minimum absolute atomic E-state index is 0.0254. The molecule has 1 aromatic rings. The molecule has 0 fully saturated rings. The fraction of sp³-hybridized carbons (Fsp3) is 0.200. The van der Waals surface area contributed by atoms with Crippen LogP contribution in [0.2, 0.25) is 0 Å². The van der Waals surface area contributed by atoms with Gasteiger partial charge in [0.05, 0.1) is 5.56 Å². The maximum Gasteiger partial charge on any atom is 0.378 e. The number of carbonyl (C=O) groups excluding carboxylic acids is 1. The third kappa shape index (κ3) is 4.02. The molecule has 0 saturated heterocycles. The molecule has 1 aromatic carbocycles. The van der Waals surface area contributed by atoms with Gasteiger partial charge in [0.1, 0.15) is 0 Å². The lowest BCUT2D eigenvalue weighted by Gasteiger charge is -2.11. The summed E-state index contributed by atoms with van der Waals surface area (Å²) >= 11 is 6.23. The van der Waals surface area contributed by atoms with Gasteiger partial charge < -0.3 is 9.84 Å². The second-order valence-corrected chi connectivity index (χ2v) is 5.08. The molecule has 4 nitrogen and oxygen atoms in total. The van der Waals surface area contributed by atoms with Crippen LogP contribution < -0.4 is 0 Å². The number of ether oxygens (including phenoxy) is 1. The summed E-state index contributed by atoms with van der Waals surface area (Å²) in [6.07, 6.45) is 0. The number of benzene rings is 1. The van der Waals surface area contributed by atoms with Crippen LogP contribution >= 0.6 is 31.9 Å². The molecule has 0 aliphatic heterocycles. The number of esters is 1. The summed E-state index contributed by atoms with van der Waals surface area (Å²) in [5.41, 5.74) is 0.0254. The summed E-state index contributed by atoms with van der Waals surface area (Å²) < 4.78 is 30.7. The van der Waals surface area contributed by atoms with Crippen molar-refractivity contribution in [2.24, 2.45) is 0 Å². The largest absolute Gasteiger partial charge is 0.477 e. The predicted molar refractivity (Wildman–Crippen MR) is 64.7 cm³/mol. The summed E-state index contributed by atoms with van der Waals surface area (Å²) in [6, 6.07) is 4.38. The van der Waals surface area contributed by atoms with Crippen molar-refractivity contribution >= 4 is 43.8 Å². The van der Waals surface area contributed by atoms with Crippen molar-refractivity contribution in [3.63, 3.8) is 0 Å². The van der Waals surface area contributed by atoms with Crippen molar-refractivity contribution in [1.82, 2.24) is 0 Å². The van der Waals surface area contributed by atoms with Crippen molar-refractivity contribution in [2.45, 2.75) is 5.92 Å². The maximum atomic E-state index is 12.7. The lowest BCUT2D eigenvalue weighted by atomic mass is 10.2. The summed E-state index contributed by atoms with van der Waals surface area (Å²) in [4.78, 5) is 21.6. The summed E-state index contributed by atoms with van der Waals surface area (Å²) in [6.45, 7) is -1.51. The monoisotopic (exact) mass is 386 g/mol. The predicted octanol–water partition coefficient (Wildman–Crippen LogP) is 3.09. The zero-order chi connectivity index (χ0) is 13.9. The Morgan fingerprint density at radius 2 is 1.72 bits per heavy atom. The Morgan fingerprint density at radius 3 is 2.17 bits per heavy atom. The van der Waals surface area contributed by atoms with Gasteiger partial charge in [0, 0.05) is 8.95 Å². The Balaban J connectivity index is 2.75. The molecule has 0 aliphatic carbocycles. The van der Waals surface area contributed by atoms with Crippen LogP contribution in [0.5, 0.6) is 0 Å². The van der Waals surface area contributed by atoms with E-state index < -0.39 is 24.5 Å². The Hall–Kier alpha value is -1.02. The number of hydrogen-bond donors (Lipinski definition) is 1. The third-order valence-electron chi connectivity index (χ3n) is 1.80. The molecule has 0 aliphatic rings. The Kier molecular flexibility index (Phi) is 4.80. The number of carbonyl (C=O) groups is 2. The lowest BCUT2D eigenvalue weighted by molar-refractivity contribution is -0.170. The molecule has 1 rings (SSSR count). The van der Waals surface area contributed by atoms with Gasteiger partial charge in [0.15, 0.2) is 6.61 Å². The van der Waals surface area contributed by atoms with Gasteiger partial charge in [-0.3, -0.25) is 0 Å². The van der Waals surface area contributed by atoms with Crippen molar-refractivity contribution < 1.29 is 28.2 Å². The zero-order valence-electron chi connectivity index (χ0n) is 8.62. The molecule has 8 heteroatoms. The number of aliphatic carboxylic acids is 1. The highest BCUT2D eigenvalue weighted by Gasteiger charge is 2.40. The van der Waals surface area contributed by atoms with E-state index in [4.69, 9.17) is 5.11 Å². The van der Waals surface area contributed by atoms with Gasteiger partial charge in [-0.2, -0.15) is 8.78 Å². The molecular formula is C10H6Br2F2O4. The molecule has 0 heterocycles. The van der Waals surface area contributed by atoms with Crippen molar-refractivity contribution in [3.8, 4) is 0 Å². The van der Waals surface area contributed by atoms with Crippen molar-refractivity contribution in [2.75, 3.05) is 6.61 Å². The molecule has 0 aromatic heterocycles. The van der Waals surface area contributed by atoms with E-state index in [0.29, 0.717) is 8.95 Å². The highest BCUT2D eigenvalue weighted by Crippen LogP contribution is 2.21. The van der Waals surface area contributed by atoms with E-state index in [1.807, 2.05) is 0 Å². The minimum Gasteiger partial charge on any atom is -0.477 e. The molecule has 1 N–H and O–H groups in total. The van der Waals surface area contributed by atoms with Crippen LogP contribution in [0, 0.1) is 0 Å². The van der Waals surface area contributed by atoms with E-state index >= 15 is 0 Å². The molecule has 0 radical (unpaired) electrons. The normalized spacial score (nSPS) is 11.1. The fourth-order valence-electron chi connectivity index (χ4n) is 0.973. The first kappa shape index (κ1) is 15.0.